The Kier molecular flexibility index (Phi) is 4.85. The Hall–Kier alpha value is -1.10. The molecule has 1 heterocycles. The van der Waals surface area contributed by atoms with Crippen molar-refractivity contribution in [3.8, 4) is 0 Å². The van der Waals surface area contributed by atoms with Crippen molar-refractivity contribution in [1.29, 1.82) is 0 Å². The minimum atomic E-state index is -0.804. The summed E-state index contributed by atoms with van der Waals surface area (Å²) in [6, 6.07) is -0.214. The van der Waals surface area contributed by atoms with Crippen LogP contribution in [0.25, 0.3) is 0 Å². The van der Waals surface area contributed by atoms with Crippen molar-refractivity contribution < 1.29 is 14.7 Å². The molecule has 0 aromatic rings. The number of hydrogen-bond acceptors (Lipinski definition) is 3. The van der Waals surface area contributed by atoms with Gasteiger partial charge in [0, 0.05) is 25.6 Å². The summed E-state index contributed by atoms with van der Waals surface area (Å²) in [6.45, 7) is 10.6. The molecule has 0 aliphatic carbocycles. The molecule has 5 nitrogen and oxygen atoms in total. The van der Waals surface area contributed by atoms with Gasteiger partial charge in [-0.25, -0.2) is 0 Å². The fraction of sp³-hybridized carbons (Fsp3) is 0.867. The fourth-order valence-electron chi connectivity index (χ4n) is 2.56. The van der Waals surface area contributed by atoms with Gasteiger partial charge in [0.1, 0.15) is 0 Å². The van der Waals surface area contributed by atoms with Gasteiger partial charge in [-0.05, 0) is 17.8 Å². The lowest BCUT2D eigenvalue weighted by atomic mass is 9.76. The zero-order chi connectivity index (χ0) is 15.7. The van der Waals surface area contributed by atoms with E-state index in [0.717, 1.165) is 0 Å². The number of carbonyl (C=O) groups excluding carboxylic acids is 1. The highest BCUT2D eigenvalue weighted by Crippen LogP contribution is 2.38. The Morgan fingerprint density at radius 1 is 1.35 bits per heavy atom. The number of carboxylic acid groups (broad SMARTS) is 1. The van der Waals surface area contributed by atoms with Gasteiger partial charge in [-0.1, -0.05) is 34.6 Å². The van der Waals surface area contributed by atoms with Crippen LogP contribution in [0.1, 0.15) is 47.5 Å². The van der Waals surface area contributed by atoms with Crippen LogP contribution in [0.3, 0.4) is 0 Å². The normalized spacial score (nSPS) is 25.1. The van der Waals surface area contributed by atoms with E-state index in [1.54, 1.807) is 4.90 Å². The third-order valence-electron chi connectivity index (χ3n) is 4.69. The summed E-state index contributed by atoms with van der Waals surface area (Å²) in [7, 11) is 0. The van der Waals surface area contributed by atoms with Crippen LogP contribution in [-0.4, -0.2) is 41.0 Å². The van der Waals surface area contributed by atoms with Gasteiger partial charge < -0.3 is 15.7 Å². The van der Waals surface area contributed by atoms with Gasteiger partial charge in [0.2, 0.25) is 5.91 Å². The van der Waals surface area contributed by atoms with Crippen molar-refractivity contribution in [1.82, 2.24) is 4.90 Å². The summed E-state index contributed by atoms with van der Waals surface area (Å²) in [5.74, 6) is -0.826. The number of rotatable bonds is 4. The first-order valence-electron chi connectivity index (χ1n) is 7.27. The molecule has 5 heteroatoms. The second-order valence-corrected chi connectivity index (χ2v) is 7.36. The molecule has 0 spiro atoms. The molecule has 1 aliphatic rings. The van der Waals surface area contributed by atoms with E-state index < -0.39 is 11.4 Å². The number of amides is 1. The summed E-state index contributed by atoms with van der Waals surface area (Å²) in [5, 5.41) is 9.48. The smallest absolute Gasteiger partial charge is 0.311 e. The largest absolute Gasteiger partial charge is 0.481 e. The lowest BCUT2D eigenvalue weighted by Gasteiger charge is -2.30. The highest BCUT2D eigenvalue weighted by molar-refractivity contribution is 5.81. The Morgan fingerprint density at radius 2 is 1.90 bits per heavy atom. The molecular weight excluding hydrogens is 256 g/mol. The third-order valence-corrected chi connectivity index (χ3v) is 4.69. The molecule has 0 aromatic heterocycles. The van der Waals surface area contributed by atoms with Gasteiger partial charge in [0.05, 0.1) is 5.41 Å². The maximum absolute atomic E-state index is 12.3. The predicted octanol–water partition coefficient (Wildman–Crippen LogP) is 1.71. The minimum absolute atomic E-state index is 0.00842. The van der Waals surface area contributed by atoms with E-state index in [2.05, 4.69) is 0 Å². The van der Waals surface area contributed by atoms with Gasteiger partial charge in [-0.3, -0.25) is 9.59 Å². The summed E-state index contributed by atoms with van der Waals surface area (Å²) >= 11 is 0. The lowest BCUT2D eigenvalue weighted by Crippen LogP contribution is -2.43. The summed E-state index contributed by atoms with van der Waals surface area (Å²) in [6.07, 6.45) is 0.799. The van der Waals surface area contributed by atoms with Crippen molar-refractivity contribution in [2.45, 2.75) is 53.5 Å². The quantitative estimate of drug-likeness (QED) is 0.823. The third kappa shape index (κ3) is 3.32. The highest BCUT2D eigenvalue weighted by Gasteiger charge is 2.48. The molecule has 1 saturated heterocycles. The molecule has 1 amide bonds. The Morgan fingerprint density at radius 3 is 2.25 bits per heavy atom. The van der Waals surface area contributed by atoms with Gasteiger partial charge in [0.25, 0.3) is 0 Å². The average molecular weight is 284 g/mol. The van der Waals surface area contributed by atoms with E-state index >= 15 is 0 Å². The number of carboxylic acids is 1. The van der Waals surface area contributed by atoms with Crippen LogP contribution < -0.4 is 5.73 Å². The van der Waals surface area contributed by atoms with Crippen LogP contribution in [0, 0.1) is 16.7 Å². The van der Waals surface area contributed by atoms with Crippen molar-refractivity contribution in [2.24, 2.45) is 22.5 Å². The number of carbonyl (C=O) groups is 2. The summed E-state index contributed by atoms with van der Waals surface area (Å²) < 4.78 is 0. The van der Waals surface area contributed by atoms with Crippen molar-refractivity contribution in [2.75, 3.05) is 13.1 Å². The van der Waals surface area contributed by atoms with E-state index in [9.17, 15) is 14.7 Å². The van der Waals surface area contributed by atoms with Crippen molar-refractivity contribution >= 4 is 11.9 Å². The van der Waals surface area contributed by atoms with Crippen LogP contribution in [0.2, 0.25) is 0 Å². The van der Waals surface area contributed by atoms with E-state index in [-0.39, 0.29) is 29.7 Å². The monoisotopic (exact) mass is 284 g/mol. The van der Waals surface area contributed by atoms with Crippen LogP contribution in [-0.2, 0) is 9.59 Å². The fourth-order valence-corrected chi connectivity index (χ4v) is 2.56. The number of hydrogen-bond donors (Lipinski definition) is 2. The highest BCUT2D eigenvalue weighted by atomic mass is 16.4. The zero-order valence-electron chi connectivity index (χ0n) is 13.3. The average Bonchev–Trinajstić information content (AvgIpc) is 2.73. The maximum atomic E-state index is 12.3. The van der Waals surface area contributed by atoms with E-state index in [1.165, 1.54) is 0 Å². The molecule has 20 heavy (non-hydrogen) atoms. The second kappa shape index (κ2) is 5.72. The lowest BCUT2D eigenvalue weighted by molar-refractivity contribution is -0.151. The Labute approximate surface area is 121 Å². The first kappa shape index (κ1) is 17.0. The Balaban J connectivity index is 2.73. The Bertz CT molecular complexity index is 387. The molecule has 0 radical (unpaired) electrons. The molecule has 1 rings (SSSR count). The molecule has 116 valence electrons. The van der Waals surface area contributed by atoms with Gasteiger partial charge in [-0.15, -0.1) is 0 Å². The van der Waals surface area contributed by atoms with Crippen molar-refractivity contribution in [3.05, 3.63) is 0 Å². The predicted molar refractivity (Wildman–Crippen MR) is 78.2 cm³/mol. The molecular formula is C15H28N2O3. The standard InChI is InChI=1S/C15H28N2O3/c1-10(2)15(13(19)20)6-7-17(9-15)12(18)8-11(16)14(3,4)5/h10-11H,6-9,16H2,1-5H3,(H,19,20). The SMILES string of the molecule is CC(C)C1(C(=O)O)CCN(C(=O)CC(N)C(C)(C)C)C1. The number of aliphatic carboxylic acids is 1. The van der Waals surface area contributed by atoms with Gasteiger partial charge in [-0.2, -0.15) is 0 Å². The summed E-state index contributed by atoms with van der Waals surface area (Å²) in [5.41, 5.74) is 5.11. The van der Waals surface area contributed by atoms with Crippen LogP contribution in [0.15, 0.2) is 0 Å². The molecule has 0 bridgehead atoms. The first-order chi connectivity index (χ1) is 9.00. The van der Waals surface area contributed by atoms with Gasteiger partial charge in [0.15, 0.2) is 0 Å². The minimum Gasteiger partial charge on any atom is -0.481 e. The first-order valence-corrected chi connectivity index (χ1v) is 7.27. The zero-order valence-corrected chi connectivity index (χ0v) is 13.3. The number of nitrogens with two attached hydrogens (primary N) is 1. The van der Waals surface area contributed by atoms with E-state index in [0.29, 0.717) is 19.5 Å². The molecule has 2 atom stereocenters. The maximum Gasteiger partial charge on any atom is 0.311 e. The topological polar surface area (TPSA) is 83.6 Å². The second-order valence-electron chi connectivity index (χ2n) is 7.36. The molecule has 0 aromatic carbocycles. The number of nitrogens with zero attached hydrogens (tertiary/aromatic N) is 1. The van der Waals surface area contributed by atoms with Crippen LogP contribution in [0.5, 0.6) is 0 Å². The van der Waals surface area contributed by atoms with Gasteiger partial charge >= 0.3 is 5.97 Å². The van der Waals surface area contributed by atoms with Crippen LogP contribution in [0.4, 0.5) is 0 Å². The molecule has 0 saturated carbocycles. The van der Waals surface area contributed by atoms with Crippen molar-refractivity contribution in [3.63, 3.8) is 0 Å². The van der Waals surface area contributed by atoms with E-state index in [4.69, 9.17) is 5.73 Å². The molecule has 3 N–H and O–H groups in total. The molecule has 2 unspecified atom stereocenters. The molecule has 1 aliphatic heterocycles. The van der Waals surface area contributed by atoms with Crippen LogP contribution >= 0.6 is 0 Å². The summed E-state index contributed by atoms with van der Waals surface area (Å²) in [4.78, 5) is 25.5. The van der Waals surface area contributed by atoms with E-state index in [1.807, 2.05) is 34.6 Å². The molecule has 1 fully saturated rings. The number of likely N-dealkylation sites (tertiary alicyclic amines) is 1.